The number of halogens is 2. The summed E-state index contributed by atoms with van der Waals surface area (Å²) in [6.45, 7) is 0.115. The summed E-state index contributed by atoms with van der Waals surface area (Å²) in [5.41, 5.74) is 1.46. The zero-order valence-electron chi connectivity index (χ0n) is 19.6. The zero-order chi connectivity index (χ0) is 25.6. The van der Waals surface area contributed by atoms with Crippen LogP contribution in [-0.4, -0.2) is 32.1 Å². The summed E-state index contributed by atoms with van der Waals surface area (Å²) in [5, 5.41) is 0.344. The second kappa shape index (κ2) is 9.31. The molecule has 0 radical (unpaired) electrons. The van der Waals surface area contributed by atoms with Gasteiger partial charge in [0.15, 0.2) is 16.9 Å². The Balaban J connectivity index is 1.76. The van der Waals surface area contributed by atoms with E-state index in [1.807, 2.05) is 0 Å². The number of methoxy groups -OCH3 is 3. The highest BCUT2D eigenvalue weighted by atomic mass is 79.9. The molecule has 1 unspecified atom stereocenters. The first-order valence-electron chi connectivity index (χ1n) is 11.0. The van der Waals surface area contributed by atoms with Gasteiger partial charge in [-0.3, -0.25) is 9.59 Å². The van der Waals surface area contributed by atoms with Crippen molar-refractivity contribution in [1.82, 2.24) is 4.90 Å². The summed E-state index contributed by atoms with van der Waals surface area (Å²) in [4.78, 5) is 29.0. The van der Waals surface area contributed by atoms with Crippen molar-refractivity contribution in [2.75, 3.05) is 21.3 Å². The normalized spacial score (nSPS) is 14.8. The molecular formula is C27H21BrFNO6. The highest BCUT2D eigenvalue weighted by molar-refractivity contribution is 9.10. The third-order valence-corrected chi connectivity index (χ3v) is 6.69. The minimum atomic E-state index is -0.814. The molecule has 0 spiro atoms. The second-order valence-corrected chi connectivity index (χ2v) is 9.15. The van der Waals surface area contributed by atoms with Crippen LogP contribution in [0.5, 0.6) is 17.2 Å². The lowest BCUT2D eigenvalue weighted by molar-refractivity contribution is 0.0714. The number of hydrogen-bond donors (Lipinski definition) is 0. The topological polar surface area (TPSA) is 78.2 Å². The molecular weight excluding hydrogens is 533 g/mol. The van der Waals surface area contributed by atoms with E-state index in [4.69, 9.17) is 18.6 Å². The fraction of sp³-hybridized carbons (Fsp3) is 0.185. The van der Waals surface area contributed by atoms with E-state index in [1.54, 1.807) is 42.5 Å². The monoisotopic (exact) mass is 553 g/mol. The molecule has 1 aromatic heterocycles. The van der Waals surface area contributed by atoms with Crippen LogP contribution in [0.15, 0.2) is 68.3 Å². The number of nitrogens with zero attached hydrogens (tertiary/aromatic N) is 1. The number of ether oxygens (including phenoxy) is 3. The van der Waals surface area contributed by atoms with E-state index >= 15 is 0 Å². The third-order valence-electron chi connectivity index (χ3n) is 6.20. The van der Waals surface area contributed by atoms with Crippen LogP contribution in [0.4, 0.5) is 4.39 Å². The molecule has 2 heterocycles. The molecule has 1 aliphatic rings. The van der Waals surface area contributed by atoms with Gasteiger partial charge in [0.05, 0.1) is 38.3 Å². The summed E-state index contributed by atoms with van der Waals surface area (Å²) in [5.74, 6) is 0.271. The van der Waals surface area contributed by atoms with Crippen LogP contribution in [0.3, 0.4) is 0 Å². The smallest absolute Gasteiger partial charge is 0.291 e. The van der Waals surface area contributed by atoms with E-state index in [1.165, 1.54) is 38.4 Å². The van der Waals surface area contributed by atoms with Gasteiger partial charge in [-0.1, -0.05) is 28.1 Å². The Morgan fingerprint density at radius 1 is 0.944 bits per heavy atom. The molecule has 0 saturated heterocycles. The van der Waals surface area contributed by atoms with Crippen LogP contribution >= 0.6 is 15.9 Å². The Morgan fingerprint density at radius 3 is 2.22 bits per heavy atom. The first-order chi connectivity index (χ1) is 17.4. The van der Waals surface area contributed by atoms with E-state index in [-0.39, 0.29) is 29.1 Å². The van der Waals surface area contributed by atoms with E-state index in [0.29, 0.717) is 43.8 Å². The first kappa shape index (κ1) is 23.9. The van der Waals surface area contributed by atoms with Crippen molar-refractivity contribution in [3.05, 3.63) is 97.6 Å². The number of fused-ring (bicyclic) bond motifs is 2. The quantitative estimate of drug-likeness (QED) is 0.315. The third kappa shape index (κ3) is 3.89. The van der Waals surface area contributed by atoms with Crippen LogP contribution in [0.25, 0.3) is 11.0 Å². The minimum Gasteiger partial charge on any atom is -0.493 e. The molecule has 5 rings (SSSR count). The van der Waals surface area contributed by atoms with Gasteiger partial charge in [-0.15, -0.1) is 0 Å². The number of carbonyl (C=O) groups excluding carboxylic acids is 1. The van der Waals surface area contributed by atoms with Crippen molar-refractivity contribution in [1.29, 1.82) is 0 Å². The average molecular weight is 554 g/mol. The molecule has 1 aliphatic heterocycles. The summed E-state index contributed by atoms with van der Waals surface area (Å²) < 4.78 is 36.7. The average Bonchev–Trinajstić information content (AvgIpc) is 3.16. The predicted octanol–water partition coefficient (Wildman–Crippen LogP) is 5.47. The van der Waals surface area contributed by atoms with Crippen molar-refractivity contribution >= 4 is 32.8 Å². The summed E-state index contributed by atoms with van der Waals surface area (Å²) in [6, 6.07) is 13.5. The van der Waals surface area contributed by atoms with E-state index in [0.717, 1.165) is 0 Å². The van der Waals surface area contributed by atoms with Crippen LogP contribution < -0.4 is 19.6 Å². The molecule has 9 heteroatoms. The van der Waals surface area contributed by atoms with Gasteiger partial charge in [-0.2, -0.15) is 0 Å². The molecule has 0 aliphatic carbocycles. The Morgan fingerprint density at radius 2 is 1.61 bits per heavy atom. The predicted molar refractivity (Wildman–Crippen MR) is 134 cm³/mol. The van der Waals surface area contributed by atoms with Gasteiger partial charge in [0.2, 0.25) is 11.5 Å². The number of benzene rings is 3. The SMILES string of the molecule is COc1cc(C2c3c(oc4ccc(Br)cc4c3=O)C(=O)N2Cc2ccc(F)cc2)cc(OC)c1OC. The lowest BCUT2D eigenvalue weighted by Gasteiger charge is -2.26. The Kier molecular flexibility index (Phi) is 6.17. The van der Waals surface area contributed by atoms with Crippen LogP contribution in [0, 0.1) is 5.82 Å². The molecule has 184 valence electrons. The second-order valence-electron chi connectivity index (χ2n) is 8.24. The van der Waals surface area contributed by atoms with Gasteiger partial charge in [-0.05, 0) is 53.6 Å². The molecule has 36 heavy (non-hydrogen) atoms. The van der Waals surface area contributed by atoms with E-state index < -0.39 is 11.9 Å². The molecule has 0 N–H and O–H groups in total. The maximum Gasteiger partial charge on any atom is 0.291 e. The maximum atomic E-state index is 13.8. The fourth-order valence-corrected chi connectivity index (χ4v) is 4.91. The Labute approximate surface area is 214 Å². The maximum absolute atomic E-state index is 13.8. The molecule has 3 aromatic carbocycles. The van der Waals surface area contributed by atoms with Crippen molar-refractivity contribution in [3.63, 3.8) is 0 Å². The van der Waals surface area contributed by atoms with Crippen LogP contribution in [0.2, 0.25) is 0 Å². The Bertz CT molecular complexity index is 1520. The molecule has 0 saturated carbocycles. The van der Waals surface area contributed by atoms with Gasteiger partial charge in [-0.25, -0.2) is 4.39 Å². The summed E-state index contributed by atoms with van der Waals surface area (Å²) in [6.07, 6.45) is 0. The van der Waals surface area contributed by atoms with Crippen molar-refractivity contribution < 1.29 is 27.8 Å². The largest absolute Gasteiger partial charge is 0.493 e. The molecule has 0 bridgehead atoms. The lowest BCUT2D eigenvalue weighted by atomic mass is 9.97. The number of hydrogen-bond acceptors (Lipinski definition) is 6. The standard InChI is InChI=1S/C27H21BrFNO6/c1-33-20-10-15(11-21(34-2)25(20)35-3)23-22-24(31)18-12-16(28)6-9-19(18)36-26(22)27(32)30(23)13-14-4-7-17(29)8-5-14/h4-12,23H,13H2,1-3H3. The van der Waals surface area contributed by atoms with Crippen LogP contribution in [0.1, 0.15) is 33.3 Å². The first-order valence-corrected chi connectivity index (χ1v) is 11.8. The zero-order valence-corrected chi connectivity index (χ0v) is 21.2. The van der Waals surface area contributed by atoms with Crippen molar-refractivity contribution in [3.8, 4) is 17.2 Å². The van der Waals surface area contributed by atoms with E-state index in [2.05, 4.69) is 15.9 Å². The molecule has 0 fully saturated rings. The number of rotatable bonds is 6. The highest BCUT2D eigenvalue weighted by Crippen LogP contribution is 2.45. The van der Waals surface area contributed by atoms with Gasteiger partial charge >= 0.3 is 0 Å². The van der Waals surface area contributed by atoms with Gasteiger partial charge in [0, 0.05) is 11.0 Å². The molecule has 7 nitrogen and oxygen atoms in total. The lowest BCUT2D eigenvalue weighted by Crippen LogP contribution is -2.29. The van der Waals surface area contributed by atoms with Gasteiger partial charge in [0.1, 0.15) is 11.4 Å². The van der Waals surface area contributed by atoms with Gasteiger partial charge in [0.25, 0.3) is 5.91 Å². The summed E-state index contributed by atoms with van der Waals surface area (Å²) >= 11 is 3.40. The fourth-order valence-electron chi connectivity index (χ4n) is 4.55. The molecule has 4 aromatic rings. The summed E-state index contributed by atoms with van der Waals surface area (Å²) in [7, 11) is 4.48. The molecule has 1 amide bonds. The number of amides is 1. The number of carbonyl (C=O) groups is 1. The van der Waals surface area contributed by atoms with Crippen LogP contribution in [-0.2, 0) is 6.54 Å². The van der Waals surface area contributed by atoms with Crippen molar-refractivity contribution in [2.45, 2.75) is 12.6 Å². The minimum absolute atomic E-state index is 0.0318. The Hall–Kier alpha value is -3.85. The highest BCUT2D eigenvalue weighted by Gasteiger charge is 2.43. The van der Waals surface area contributed by atoms with E-state index in [9.17, 15) is 14.0 Å². The molecule has 1 atom stereocenters. The van der Waals surface area contributed by atoms with Crippen molar-refractivity contribution in [2.24, 2.45) is 0 Å². The van der Waals surface area contributed by atoms with Gasteiger partial charge < -0.3 is 23.5 Å².